The van der Waals surface area contributed by atoms with Crippen LogP contribution in [-0.2, 0) is 9.59 Å². The third-order valence-electron chi connectivity index (χ3n) is 6.11. The second kappa shape index (κ2) is 8.27. The number of anilines is 2. The summed E-state index contributed by atoms with van der Waals surface area (Å²) in [6.45, 7) is 4.13. The van der Waals surface area contributed by atoms with E-state index in [1.54, 1.807) is 0 Å². The third kappa shape index (κ3) is 4.29. The number of hydrogen-bond acceptors (Lipinski definition) is 3. The topological polar surface area (TPSA) is 61.4 Å². The molecule has 2 aromatic rings. The van der Waals surface area contributed by atoms with Crippen molar-refractivity contribution in [2.45, 2.75) is 45.1 Å². The van der Waals surface area contributed by atoms with Gasteiger partial charge in [-0.2, -0.15) is 0 Å². The van der Waals surface area contributed by atoms with Crippen LogP contribution in [0.25, 0.3) is 0 Å². The molecule has 2 aliphatic rings. The van der Waals surface area contributed by atoms with E-state index in [-0.39, 0.29) is 17.9 Å². The molecule has 1 aliphatic heterocycles. The highest BCUT2D eigenvalue weighted by Crippen LogP contribution is 2.47. The quantitative estimate of drug-likeness (QED) is 0.723. The minimum Gasteiger partial charge on any atom is -0.372 e. The van der Waals surface area contributed by atoms with Crippen LogP contribution in [0.3, 0.4) is 0 Å². The molecule has 5 nitrogen and oxygen atoms in total. The maximum atomic E-state index is 12.9. The van der Waals surface area contributed by atoms with E-state index in [0.29, 0.717) is 12.8 Å². The van der Waals surface area contributed by atoms with Crippen molar-refractivity contribution in [1.82, 2.24) is 5.32 Å². The van der Waals surface area contributed by atoms with Gasteiger partial charge in [0.2, 0.25) is 11.8 Å². The third-order valence-corrected chi connectivity index (χ3v) is 6.11. The Balaban J connectivity index is 1.36. The maximum Gasteiger partial charge on any atom is 0.240 e. The molecule has 152 valence electrons. The highest BCUT2D eigenvalue weighted by Gasteiger charge is 2.56. The van der Waals surface area contributed by atoms with E-state index in [9.17, 15) is 9.59 Å². The first kappa shape index (κ1) is 19.5. The number of carbonyl (C=O) groups excluding carboxylic acids is 2. The Morgan fingerprint density at radius 3 is 2.17 bits per heavy atom. The number of benzene rings is 2. The van der Waals surface area contributed by atoms with Gasteiger partial charge in [0.25, 0.3) is 0 Å². The Morgan fingerprint density at radius 2 is 1.55 bits per heavy atom. The molecular weight excluding hydrogens is 362 g/mol. The van der Waals surface area contributed by atoms with Gasteiger partial charge in [-0.3, -0.25) is 9.59 Å². The van der Waals surface area contributed by atoms with Gasteiger partial charge in [-0.05, 0) is 68.9 Å². The molecule has 0 bridgehead atoms. The minimum absolute atomic E-state index is 0.127. The zero-order valence-electron chi connectivity index (χ0n) is 17.0. The zero-order chi connectivity index (χ0) is 20.3. The Hall–Kier alpha value is -2.82. The van der Waals surface area contributed by atoms with Crippen LogP contribution in [0, 0.1) is 5.41 Å². The molecule has 2 amide bonds. The molecule has 1 heterocycles. The summed E-state index contributed by atoms with van der Waals surface area (Å²) in [7, 11) is 0. The van der Waals surface area contributed by atoms with Crippen molar-refractivity contribution >= 4 is 23.2 Å². The summed E-state index contributed by atoms with van der Waals surface area (Å²) < 4.78 is 0. The highest BCUT2D eigenvalue weighted by atomic mass is 16.2. The summed E-state index contributed by atoms with van der Waals surface area (Å²) in [5.41, 5.74) is 2.03. The lowest BCUT2D eigenvalue weighted by Crippen LogP contribution is -2.41. The Morgan fingerprint density at radius 1 is 0.897 bits per heavy atom. The largest absolute Gasteiger partial charge is 0.372 e. The fourth-order valence-corrected chi connectivity index (χ4v) is 4.00. The molecule has 29 heavy (non-hydrogen) atoms. The monoisotopic (exact) mass is 391 g/mol. The highest BCUT2D eigenvalue weighted by molar-refractivity contribution is 6.13. The molecule has 2 aromatic carbocycles. The molecule has 0 spiro atoms. The van der Waals surface area contributed by atoms with E-state index < -0.39 is 5.41 Å². The zero-order valence-corrected chi connectivity index (χ0v) is 17.0. The molecule has 0 radical (unpaired) electrons. The Kier molecular flexibility index (Phi) is 5.56. The van der Waals surface area contributed by atoms with Gasteiger partial charge in [0.15, 0.2) is 0 Å². The summed E-state index contributed by atoms with van der Waals surface area (Å²) in [4.78, 5) is 28.1. The predicted molar refractivity (Wildman–Crippen MR) is 116 cm³/mol. The SMILES string of the molecule is CC(NC(=O)C1(C(=O)Nc2ccc(N3CCCCC3)cc2)CC1)c1ccccc1. The van der Waals surface area contributed by atoms with Gasteiger partial charge < -0.3 is 15.5 Å². The van der Waals surface area contributed by atoms with Gasteiger partial charge in [-0.15, -0.1) is 0 Å². The van der Waals surface area contributed by atoms with Crippen LogP contribution in [0.2, 0.25) is 0 Å². The number of nitrogens with zero attached hydrogens (tertiary/aromatic N) is 1. The number of rotatable bonds is 6. The number of hydrogen-bond donors (Lipinski definition) is 2. The summed E-state index contributed by atoms with van der Waals surface area (Å²) in [6.07, 6.45) is 4.96. The van der Waals surface area contributed by atoms with Crippen molar-refractivity contribution in [3.8, 4) is 0 Å². The molecule has 1 unspecified atom stereocenters. The van der Waals surface area contributed by atoms with Crippen LogP contribution in [0.5, 0.6) is 0 Å². The molecule has 1 saturated heterocycles. The van der Waals surface area contributed by atoms with E-state index in [2.05, 4.69) is 27.7 Å². The second-order valence-corrected chi connectivity index (χ2v) is 8.24. The normalized spacial score (nSPS) is 18.6. The first-order valence-corrected chi connectivity index (χ1v) is 10.6. The summed E-state index contributed by atoms with van der Waals surface area (Å²) >= 11 is 0. The van der Waals surface area contributed by atoms with Gasteiger partial charge in [0.1, 0.15) is 5.41 Å². The molecule has 1 saturated carbocycles. The van der Waals surface area contributed by atoms with Crippen LogP contribution >= 0.6 is 0 Å². The van der Waals surface area contributed by atoms with Crippen molar-refractivity contribution < 1.29 is 9.59 Å². The number of carbonyl (C=O) groups is 2. The molecule has 1 atom stereocenters. The average molecular weight is 392 g/mol. The van der Waals surface area contributed by atoms with E-state index in [1.165, 1.54) is 24.9 Å². The first-order chi connectivity index (χ1) is 14.1. The predicted octanol–water partition coefficient (Wildman–Crippen LogP) is 4.27. The fourth-order valence-electron chi connectivity index (χ4n) is 4.00. The van der Waals surface area contributed by atoms with Crippen LogP contribution in [0.1, 0.15) is 50.6 Å². The smallest absolute Gasteiger partial charge is 0.240 e. The Labute approximate surface area is 172 Å². The van der Waals surface area contributed by atoms with Gasteiger partial charge in [0.05, 0.1) is 6.04 Å². The van der Waals surface area contributed by atoms with E-state index >= 15 is 0 Å². The second-order valence-electron chi connectivity index (χ2n) is 8.24. The van der Waals surface area contributed by atoms with Crippen LogP contribution in [-0.4, -0.2) is 24.9 Å². The molecule has 0 aromatic heterocycles. The van der Waals surface area contributed by atoms with Crippen LogP contribution in [0.4, 0.5) is 11.4 Å². The van der Waals surface area contributed by atoms with Crippen molar-refractivity contribution in [3.63, 3.8) is 0 Å². The van der Waals surface area contributed by atoms with Crippen LogP contribution in [0.15, 0.2) is 54.6 Å². The number of piperidine rings is 1. The minimum atomic E-state index is -0.936. The molecule has 5 heteroatoms. The van der Waals surface area contributed by atoms with Gasteiger partial charge >= 0.3 is 0 Å². The van der Waals surface area contributed by atoms with Gasteiger partial charge in [-0.1, -0.05) is 30.3 Å². The summed E-state index contributed by atoms with van der Waals surface area (Å²) in [6, 6.07) is 17.7. The maximum absolute atomic E-state index is 12.9. The van der Waals surface area contributed by atoms with E-state index in [1.807, 2.05) is 49.4 Å². The lowest BCUT2D eigenvalue weighted by molar-refractivity contribution is -0.134. The van der Waals surface area contributed by atoms with Gasteiger partial charge in [-0.25, -0.2) is 0 Å². The summed E-state index contributed by atoms with van der Waals surface area (Å²) in [5, 5.41) is 5.96. The van der Waals surface area contributed by atoms with Gasteiger partial charge in [0, 0.05) is 24.5 Å². The average Bonchev–Trinajstić information content (AvgIpc) is 3.58. The van der Waals surface area contributed by atoms with Crippen LogP contribution < -0.4 is 15.5 Å². The first-order valence-electron chi connectivity index (χ1n) is 10.6. The lowest BCUT2D eigenvalue weighted by Gasteiger charge is -2.29. The molecule has 1 aliphatic carbocycles. The molecule has 4 rings (SSSR count). The molecule has 2 N–H and O–H groups in total. The van der Waals surface area contributed by atoms with E-state index in [0.717, 1.165) is 24.3 Å². The van der Waals surface area contributed by atoms with Crippen molar-refractivity contribution in [2.24, 2.45) is 5.41 Å². The number of nitrogens with one attached hydrogen (secondary N) is 2. The van der Waals surface area contributed by atoms with Crippen molar-refractivity contribution in [1.29, 1.82) is 0 Å². The molecule has 2 fully saturated rings. The number of amides is 2. The van der Waals surface area contributed by atoms with E-state index in [4.69, 9.17) is 0 Å². The standard InChI is InChI=1S/C24H29N3O2/c1-18(19-8-4-2-5-9-19)25-22(28)24(14-15-24)23(29)26-20-10-12-21(13-11-20)27-16-6-3-7-17-27/h2,4-5,8-13,18H,3,6-7,14-17H2,1H3,(H,25,28)(H,26,29). The van der Waals surface area contributed by atoms with Crippen molar-refractivity contribution in [3.05, 3.63) is 60.2 Å². The van der Waals surface area contributed by atoms with Crippen molar-refractivity contribution in [2.75, 3.05) is 23.3 Å². The molecular formula is C24H29N3O2. The lowest BCUT2D eigenvalue weighted by atomic mass is 10.0. The summed E-state index contributed by atoms with van der Waals surface area (Å²) in [5.74, 6) is -0.391. The fraction of sp³-hybridized carbons (Fsp3) is 0.417. The Bertz CT molecular complexity index is 853.